The molecule has 0 spiro atoms. The van der Waals surface area contributed by atoms with E-state index in [0.717, 1.165) is 116 Å². The van der Waals surface area contributed by atoms with Crippen LogP contribution in [0.25, 0.3) is 70.6 Å². The van der Waals surface area contributed by atoms with Crippen LogP contribution in [0.5, 0.6) is 63.2 Å². The lowest BCUT2D eigenvalue weighted by Gasteiger charge is -2.55. The van der Waals surface area contributed by atoms with E-state index in [1.54, 1.807) is 57.7 Å². The Labute approximate surface area is 633 Å². The molecule has 15 rings (SSSR count). The molecule has 3 fully saturated rings. The predicted molar refractivity (Wildman–Crippen MR) is 426 cm³/mol. The maximum absolute atomic E-state index is 10.9. The number of aromatic hydroxyl groups is 5. The predicted octanol–water partition coefficient (Wildman–Crippen LogP) is 18.5. The van der Waals surface area contributed by atoms with E-state index in [4.69, 9.17) is 32.9 Å². The second-order valence-corrected chi connectivity index (χ2v) is 33.0. The lowest BCUT2D eigenvalue weighted by atomic mass is 9.57. The van der Waals surface area contributed by atoms with Crippen LogP contribution in [0.4, 0.5) is 0 Å². The Kier molecular flexibility index (Phi) is 20.6. The molecule has 0 saturated heterocycles. The number of aliphatic hydroxyl groups excluding tert-OH is 3. The molecule has 0 bridgehead atoms. The highest BCUT2D eigenvalue weighted by Gasteiger charge is 2.58. The summed E-state index contributed by atoms with van der Waals surface area (Å²) in [5.74, 6) is 5.36. The minimum absolute atomic E-state index is 0.0797. The molecule has 9 aromatic rings. The molecule has 0 unspecified atom stereocenters. The molecule has 0 radical (unpaired) electrons. The van der Waals surface area contributed by atoms with Gasteiger partial charge in [-0.15, -0.1) is 0 Å². The average molecular weight is 1470 g/mol. The summed E-state index contributed by atoms with van der Waals surface area (Å²) in [4.78, 5) is 0. The van der Waals surface area contributed by atoms with E-state index in [2.05, 4.69) is 90.2 Å². The van der Waals surface area contributed by atoms with Crippen molar-refractivity contribution in [3.63, 3.8) is 0 Å². The number of ether oxygens (including phenoxy) is 6. The second kappa shape index (κ2) is 29.1. The lowest BCUT2D eigenvalue weighted by Crippen LogP contribution is -2.58. The van der Waals surface area contributed by atoms with E-state index in [0.29, 0.717) is 71.3 Å². The van der Waals surface area contributed by atoms with Gasteiger partial charge in [-0.3, -0.25) is 0 Å². The first-order valence-corrected chi connectivity index (χ1v) is 37.5. The summed E-state index contributed by atoms with van der Waals surface area (Å²) < 4.78 is 43.3. The van der Waals surface area contributed by atoms with E-state index in [1.165, 1.54) is 0 Å². The van der Waals surface area contributed by atoms with Gasteiger partial charge in [0.1, 0.15) is 51.3 Å². The summed E-state index contributed by atoms with van der Waals surface area (Å²) in [5.41, 5.74) is 10.7. The SMILES string of the molecule is COc1cc(/C=C/c2cc(O)c3c(c2)C[C@@H]2C(C)(C)[C@H](O)CC[C@@]2(C)O3)cc(O)c1-c1ccccc1.COc1cc(/C=C/c2cc(O)c3c(c2)C[C@@H]2C(C)(C)[C@H](O)CC[C@@]2(C)O3)cc(O)c1/C=C/c1c(C)noc1C.COc1cc(/C=C/c2cc(O)c3c(c2)C[C@@H]2C(C)(C)[C@H](O)CC[C@@]2(C)O3)cc2c1ccn2C. The quantitative estimate of drug-likeness (QED) is 0.0530. The summed E-state index contributed by atoms with van der Waals surface area (Å²) >= 11 is 0. The fourth-order valence-electron chi connectivity index (χ4n) is 18.2. The number of aromatic nitrogens is 2. The Morgan fingerprint density at radius 2 is 0.806 bits per heavy atom. The second-order valence-electron chi connectivity index (χ2n) is 33.0. The number of hydrogen-bond donors (Lipinski definition) is 8. The molecule has 0 amide bonds. The zero-order valence-corrected chi connectivity index (χ0v) is 64.7. The largest absolute Gasteiger partial charge is 0.507 e. The number of benzene rings is 7. The Morgan fingerprint density at radius 3 is 1.21 bits per heavy atom. The Morgan fingerprint density at radius 1 is 0.435 bits per heavy atom. The van der Waals surface area contributed by atoms with Crippen molar-refractivity contribution < 1.29 is 73.8 Å². The van der Waals surface area contributed by atoms with E-state index in [-0.39, 0.29) is 86.7 Å². The summed E-state index contributed by atoms with van der Waals surface area (Å²) in [5, 5.41) is 91.2. The topological polar surface area (TPSA) is 248 Å². The highest BCUT2D eigenvalue weighted by atomic mass is 16.5. The molecule has 568 valence electrons. The van der Waals surface area contributed by atoms with Crippen LogP contribution in [-0.4, -0.2) is 107 Å². The first-order valence-electron chi connectivity index (χ1n) is 37.5. The maximum Gasteiger partial charge on any atom is 0.164 e. The van der Waals surface area contributed by atoms with E-state index >= 15 is 0 Å². The molecule has 9 atom stereocenters. The molecule has 5 heterocycles. The van der Waals surface area contributed by atoms with Gasteiger partial charge in [-0.2, -0.15) is 0 Å². The van der Waals surface area contributed by atoms with E-state index in [9.17, 15) is 40.9 Å². The minimum Gasteiger partial charge on any atom is -0.507 e. The molecule has 17 nitrogen and oxygen atoms in total. The Balaban J connectivity index is 0.000000143. The van der Waals surface area contributed by atoms with Gasteiger partial charge in [0, 0.05) is 41.9 Å². The molecule has 6 aliphatic rings. The van der Waals surface area contributed by atoms with Crippen LogP contribution in [0.1, 0.15) is 173 Å². The summed E-state index contributed by atoms with van der Waals surface area (Å²) in [6.45, 7) is 22.7. The van der Waals surface area contributed by atoms with E-state index < -0.39 is 11.2 Å². The smallest absolute Gasteiger partial charge is 0.164 e. The average Bonchev–Trinajstić information content (AvgIpc) is 0.772. The summed E-state index contributed by atoms with van der Waals surface area (Å²) in [6.07, 6.45) is 22.8. The zero-order valence-electron chi connectivity index (χ0n) is 64.7. The number of phenolic OH excluding ortho intramolecular Hbond substituents is 5. The van der Waals surface area contributed by atoms with Gasteiger partial charge in [0.05, 0.1) is 62.0 Å². The van der Waals surface area contributed by atoms with Gasteiger partial charge in [-0.05, 0) is 255 Å². The number of aliphatic hydroxyl groups is 3. The molecule has 7 aromatic carbocycles. The van der Waals surface area contributed by atoms with E-state index in [1.807, 2.05) is 130 Å². The minimum atomic E-state index is -0.430. The maximum atomic E-state index is 10.9. The number of aryl methyl sites for hydroxylation is 3. The van der Waals surface area contributed by atoms with Gasteiger partial charge in [0.2, 0.25) is 0 Å². The summed E-state index contributed by atoms with van der Waals surface area (Å²) in [7, 11) is 6.87. The number of methoxy groups -OCH3 is 3. The number of fused-ring (bicyclic) bond motifs is 7. The fraction of sp³-hybridized carbons (Fsp3) is 0.396. The van der Waals surface area contributed by atoms with Crippen molar-refractivity contribution in [2.45, 2.75) is 169 Å². The van der Waals surface area contributed by atoms with Crippen molar-refractivity contribution in [2.75, 3.05) is 21.3 Å². The van der Waals surface area contributed by atoms with Crippen molar-refractivity contribution >= 4 is 59.5 Å². The van der Waals surface area contributed by atoms with Gasteiger partial charge in [-0.25, -0.2) is 0 Å². The molecular weight excluding hydrogens is 1360 g/mol. The van der Waals surface area contributed by atoms with Crippen molar-refractivity contribution in [2.24, 2.45) is 41.0 Å². The van der Waals surface area contributed by atoms with Crippen molar-refractivity contribution in [1.82, 2.24) is 9.72 Å². The molecule has 3 aliphatic carbocycles. The van der Waals surface area contributed by atoms with Crippen LogP contribution < -0.4 is 28.4 Å². The van der Waals surface area contributed by atoms with Crippen LogP contribution in [-0.2, 0) is 26.3 Å². The number of phenols is 5. The number of rotatable bonds is 12. The fourth-order valence-corrected chi connectivity index (χ4v) is 18.2. The Bertz CT molecular complexity index is 5000. The van der Waals surface area contributed by atoms with Crippen molar-refractivity contribution in [3.05, 3.63) is 188 Å². The van der Waals surface area contributed by atoms with Crippen molar-refractivity contribution in [1.29, 1.82) is 0 Å². The van der Waals surface area contributed by atoms with Crippen molar-refractivity contribution in [3.8, 4) is 74.4 Å². The molecule has 3 aliphatic heterocycles. The third-order valence-corrected chi connectivity index (χ3v) is 24.9. The molecule has 2 aromatic heterocycles. The van der Waals surface area contributed by atoms with Crippen LogP contribution in [0.3, 0.4) is 0 Å². The normalized spacial score (nSPS) is 24.8. The third kappa shape index (κ3) is 14.4. The Hall–Kier alpha value is -10.1. The third-order valence-electron chi connectivity index (χ3n) is 24.9. The standard InChI is InChI=1S/C32H37NO6.C31H34O5.C28H33NO4/c1-18-23(19(2)39-33-18)9-10-24-25(34)14-21(16-27(24)37-6)8-7-20-13-22-17-28-31(3,4)29(36)11-12-32(28,5)38-30(22)26(35)15-20;1-30(2)26-18-22-14-19(16-24(33)29(22)36-31(26,3)13-12-27(30)34)10-11-20-15-23(32)28(25(17-20)35-4)21-8-6-5-7-9-21;1-27(2)24-16-19-12-17(14-22(30)26(19)33-28(24,3)10-8-25(27)31)6-7-18-13-21-20(9-11-29(21)4)23(15-18)32-5/h7-10,13-16,28-29,34-36H,11-12,17H2,1-6H3;5-11,14-17,26-27,32-34H,12-13,18H2,1-4H3;6-7,9,11-15,24-25,30-31H,8,10,16H2,1-5H3/b8-7+,10-9+;11-10+;7-6+/t28-,29-,32-;26-,27-,31-;24-,25-,28-/m111/s1. The zero-order chi connectivity index (χ0) is 77.3. The van der Waals surface area contributed by atoms with Gasteiger partial charge in [-0.1, -0.05) is 113 Å². The van der Waals surface area contributed by atoms with Gasteiger partial charge >= 0.3 is 0 Å². The molecule has 17 heteroatoms. The van der Waals surface area contributed by atoms with Crippen LogP contribution >= 0.6 is 0 Å². The van der Waals surface area contributed by atoms with Crippen LogP contribution in [0.2, 0.25) is 0 Å². The highest BCUT2D eigenvalue weighted by molar-refractivity contribution is 5.90. The molecule has 3 saturated carbocycles. The number of nitrogens with zero attached hydrogens (tertiary/aromatic N) is 2. The number of hydrogen-bond acceptors (Lipinski definition) is 16. The lowest BCUT2D eigenvalue weighted by molar-refractivity contribution is -0.138. The first kappa shape index (κ1) is 76.1. The monoisotopic (exact) mass is 1460 g/mol. The highest BCUT2D eigenvalue weighted by Crippen LogP contribution is 2.59. The molecule has 8 N–H and O–H groups in total. The van der Waals surface area contributed by atoms with Crippen LogP contribution in [0.15, 0.2) is 120 Å². The van der Waals surface area contributed by atoms with Gasteiger partial charge in [0.25, 0.3) is 0 Å². The summed E-state index contributed by atoms with van der Waals surface area (Å²) in [6, 6.07) is 34.3. The van der Waals surface area contributed by atoms with Gasteiger partial charge < -0.3 is 78.4 Å². The molecular formula is C91H104N2O15. The molecule has 108 heavy (non-hydrogen) atoms. The van der Waals surface area contributed by atoms with Crippen LogP contribution in [0, 0.1) is 47.8 Å². The van der Waals surface area contributed by atoms with Gasteiger partial charge in [0.15, 0.2) is 34.5 Å². The first-order chi connectivity index (χ1) is 51.2.